The lowest BCUT2D eigenvalue weighted by atomic mass is 10.1. The minimum absolute atomic E-state index is 0.404. The van der Waals surface area contributed by atoms with E-state index in [1.54, 1.807) is 12.1 Å². The number of hydrogen-bond donors (Lipinski definition) is 0. The highest BCUT2D eigenvalue weighted by Gasteiger charge is 2.12. The minimum Gasteiger partial charge on any atom is -0.331 e. The Morgan fingerprint density at radius 1 is 0.947 bits per heavy atom. The fourth-order valence-corrected chi connectivity index (χ4v) is 2.15. The third-order valence-electron chi connectivity index (χ3n) is 2.80. The maximum absolute atomic E-state index is 11.5. The molecule has 0 aliphatic heterocycles. The van der Waals surface area contributed by atoms with Gasteiger partial charge in [-0.2, -0.15) is 4.74 Å². The van der Waals surface area contributed by atoms with E-state index >= 15 is 0 Å². The lowest BCUT2D eigenvalue weighted by Crippen LogP contribution is -1.97. The van der Waals surface area contributed by atoms with Gasteiger partial charge in [0.05, 0.1) is 22.5 Å². The predicted molar refractivity (Wildman–Crippen MR) is 74.8 cm³/mol. The number of halogens is 1. The van der Waals surface area contributed by atoms with Gasteiger partial charge >= 0.3 is 5.63 Å². The Labute approximate surface area is 114 Å². The van der Waals surface area contributed by atoms with Gasteiger partial charge in [-0.1, -0.05) is 54.1 Å². The normalized spacial score (nSPS) is 10.6. The molecule has 19 heavy (non-hydrogen) atoms. The summed E-state index contributed by atoms with van der Waals surface area (Å²) >= 11 is 6.14. The standard InChI is InChI=1S/C15H10ClNO2/c16-12-8-4-5-9-13(12)17-14(10-15(18)19-17)11-6-2-1-3-7-11/h1-10H. The minimum atomic E-state index is -0.404. The molecule has 0 fully saturated rings. The van der Waals surface area contributed by atoms with Crippen molar-refractivity contribution in [2.24, 2.45) is 0 Å². The number of hydrogen-bond acceptors (Lipinski definition) is 2. The van der Waals surface area contributed by atoms with Crippen molar-refractivity contribution in [3.8, 4) is 16.9 Å². The van der Waals surface area contributed by atoms with Crippen LogP contribution in [0, 0.1) is 0 Å². The first-order valence-electron chi connectivity index (χ1n) is 5.79. The highest BCUT2D eigenvalue weighted by molar-refractivity contribution is 6.32. The molecule has 3 nitrogen and oxygen atoms in total. The summed E-state index contributed by atoms with van der Waals surface area (Å²) in [5.74, 6) is 0. The molecule has 0 amide bonds. The Balaban J connectivity index is 2.24. The van der Waals surface area contributed by atoms with Gasteiger partial charge in [-0.25, -0.2) is 4.79 Å². The van der Waals surface area contributed by atoms with E-state index in [4.69, 9.17) is 16.1 Å². The van der Waals surface area contributed by atoms with Crippen molar-refractivity contribution < 1.29 is 4.52 Å². The second-order valence-electron chi connectivity index (χ2n) is 4.05. The Kier molecular flexibility index (Phi) is 2.97. The summed E-state index contributed by atoms with van der Waals surface area (Å²) in [4.78, 5) is 11.5. The summed E-state index contributed by atoms with van der Waals surface area (Å²) in [6.07, 6.45) is 0. The maximum Gasteiger partial charge on any atom is 0.358 e. The van der Waals surface area contributed by atoms with Crippen LogP contribution in [0.2, 0.25) is 5.02 Å². The Morgan fingerprint density at radius 2 is 1.63 bits per heavy atom. The Hall–Kier alpha value is -2.26. The molecule has 94 valence electrons. The smallest absolute Gasteiger partial charge is 0.331 e. The van der Waals surface area contributed by atoms with Crippen molar-refractivity contribution in [3.05, 3.63) is 76.1 Å². The molecule has 0 radical (unpaired) electrons. The summed E-state index contributed by atoms with van der Waals surface area (Å²) in [5, 5.41) is 0.527. The molecule has 1 heterocycles. The highest BCUT2D eigenvalue weighted by Crippen LogP contribution is 2.26. The van der Waals surface area contributed by atoms with Crippen molar-refractivity contribution in [2.45, 2.75) is 0 Å². The largest absolute Gasteiger partial charge is 0.358 e. The third kappa shape index (κ3) is 2.20. The molecule has 0 bridgehead atoms. The number of aromatic nitrogens is 1. The molecule has 0 aliphatic rings. The molecule has 0 aliphatic carbocycles. The molecular weight excluding hydrogens is 262 g/mol. The van der Waals surface area contributed by atoms with Crippen LogP contribution in [-0.2, 0) is 0 Å². The van der Waals surface area contributed by atoms with Crippen LogP contribution in [0.4, 0.5) is 0 Å². The van der Waals surface area contributed by atoms with Crippen molar-refractivity contribution in [2.75, 3.05) is 0 Å². The van der Waals surface area contributed by atoms with Crippen LogP contribution in [0.1, 0.15) is 0 Å². The van der Waals surface area contributed by atoms with Gasteiger partial charge in [-0.15, -0.1) is 0 Å². The van der Waals surface area contributed by atoms with Crippen LogP contribution in [0.3, 0.4) is 0 Å². The summed E-state index contributed by atoms with van der Waals surface area (Å²) < 4.78 is 6.67. The highest BCUT2D eigenvalue weighted by atomic mass is 35.5. The van der Waals surface area contributed by atoms with Gasteiger partial charge in [0.25, 0.3) is 0 Å². The van der Waals surface area contributed by atoms with Crippen LogP contribution in [0.15, 0.2) is 70.0 Å². The Morgan fingerprint density at radius 3 is 2.37 bits per heavy atom. The molecule has 0 atom stereocenters. The number of benzene rings is 2. The van der Waals surface area contributed by atoms with Gasteiger partial charge in [-0.3, -0.25) is 0 Å². The molecule has 0 spiro atoms. The van der Waals surface area contributed by atoms with E-state index in [2.05, 4.69) is 0 Å². The molecule has 0 saturated heterocycles. The van der Waals surface area contributed by atoms with Crippen molar-refractivity contribution in [3.63, 3.8) is 0 Å². The molecular formula is C15H10ClNO2. The topological polar surface area (TPSA) is 35.1 Å². The van der Waals surface area contributed by atoms with Crippen LogP contribution in [0.5, 0.6) is 0 Å². The molecule has 3 rings (SSSR count). The van der Waals surface area contributed by atoms with E-state index in [1.807, 2.05) is 42.5 Å². The number of para-hydroxylation sites is 1. The van der Waals surface area contributed by atoms with Gasteiger partial charge in [0, 0.05) is 5.56 Å². The average molecular weight is 272 g/mol. The first-order valence-corrected chi connectivity index (χ1v) is 6.17. The van der Waals surface area contributed by atoms with Gasteiger partial charge in [0.1, 0.15) is 0 Å². The lowest BCUT2D eigenvalue weighted by Gasteiger charge is -2.07. The zero-order valence-corrected chi connectivity index (χ0v) is 10.7. The second kappa shape index (κ2) is 4.78. The van der Waals surface area contributed by atoms with Crippen LogP contribution in [-0.4, -0.2) is 4.74 Å². The molecule has 0 saturated carbocycles. The molecule has 2 aromatic carbocycles. The van der Waals surface area contributed by atoms with Crippen molar-refractivity contribution in [1.82, 2.24) is 4.74 Å². The van der Waals surface area contributed by atoms with E-state index in [1.165, 1.54) is 10.8 Å². The third-order valence-corrected chi connectivity index (χ3v) is 3.12. The van der Waals surface area contributed by atoms with E-state index < -0.39 is 5.63 Å². The first kappa shape index (κ1) is 11.8. The van der Waals surface area contributed by atoms with E-state index in [0.717, 1.165) is 5.56 Å². The monoisotopic (exact) mass is 271 g/mol. The summed E-state index contributed by atoms with van der Waals surface area (Å²) in [5.41, 5.74) is 1.82. The fraction of sp³-hybridized carbons (Fsp3) is 0. The SMILES string of the molecule is O=c1cc(-c2ccccc2)n(-c2ccccc2Cl)o1. The Bertz CT molecular complexity index is 759. The number of nitrogens with zero attached hydrogens (tertiary/aromatic N) is 1. The summed E-state index contributed by atoms with van der Waals surface area (Å²) in [6, 6.07) is 18.2. The average Bonchev–Trinajstić information content (AvgIpc) is 2.82. The fourth-order valence-electron chi connectivity index (χ4n) is 1.94. The quantitative estimate of drug-likeness (QED) is 0.711. The first-order chi connectivity index (χ1) is 9.25. The molecule has 0 N–H and O–H groups in total. The molecule has 3 aromatic rings. The lowest BCUT2D eigenvalue weighted by molar-refractivity contribution is 0.326. The van der Waals surface area contributed by atoms with Gasteiger partial charge in [0.2, 0.25) is 0 Å². The van der Waals surface area contributed by atoms with E-state index in [-0.39, 0.29) is 0 Å². The molecule has 1 aromatic heterocycles. The van der Waals surface area contributed by atoms with Crippen LogP contribution >= 0.6 is 11.6 Å². The van der Waals surface area contributed by atoms with Crippen LogP contribution < -0.4 is 5.63 Å². The van der Waals surface area contributed by atoms with Crippen molar-refractivity contribution >= 4 is 11.6 Å². The zero-order valence-electron chi connectivity index (χ0n) is 9.92. The number of rotatable bonds is 2. The summed E-state index contributed by atoms with van der Waals surface area (Å²) in [6.45, 7) is 0. The molecule has 4 heteroatoms. The second-order valence-corrected chi connectivity index (χ2v) is 4.46. The van der Waals surface area contributed by atoms with Gasteiger partial charge in [-0.05, 0) is 12.1 Å². The van der Waals surface area contributed by atoms with Crippen LogP contribution in [0.25, 0.3) is 16.9 Å². The molecule has 0 unspecified atom stereocenters. The maximum atomic E-state index is 11.5. The zero-order chi connectivity index (χ0) is 13.2. The van der Waals surface area contributed by atoms with E-state index in [0.29, 0.717) is 16.4 Å². The van der Waals surface area contributed by atoms with Crippen molar-refractivity contribution in [1.29, 1.82) is 0 Å². The predicted octanol–water partition coefficient (Wildman–Crippen LogP) is 3.75. The van der Waals surface area contributed by atoms with Gasteiger partial charge in [0.15, 0.2) is 0 Å². The summed E-state index contributed by atoms with van der Waals surface area (Å²) in [7, 11) is 0. The van der Waals surface area contributed by atoms with Gasteiger partial charge < -0.3 is 4.52 Å². The van der Waals surface area contributed by atoms with E-state index in [9.17, 15) is 4.79 Å².